The minimum absolute atomic E-state index is 0.132. The second kappa shape index (κ2) is 9.44. The zero-order valence-corrected chi connectivity index (χ0v) is 18.9. The van der Waals surface area contributed by atoms with Crippen LogP contribution in [0.5, 0.6) is 5.75 Å². The Hall–Kier alpha value is -4.22. The van der Waals surface area contributed by atoms with Gasteiger partial charge in [0.25, 0.3) is 0 Å². The lowest BCUT2D eigenvalue weighted by atomic mass is 10.2. The van der Waals surface area contributed by atoms with Crippen LogP contribution in [0, 0.1) is 6.92 Å². The first-order valence-electron chi connectivity index (χ1n) is 10.4. The highest BCUT2D eigenvalue weighted by Gasteiger charge is 2.32. The number of anilines is 4. The number of alkyl halides is 6. The molecule has 0 aliphatic rings. The summed E-state index contributed by atoms with van der Waals surface area (Å²) in [6.45, 7) is 1.83. The van der Waals surface area contributed by atoms with E-state index in [0.717, 1.165) is 42.1 Å². The predicted octanol–water partition coefficient (Wildman–Crippen LogP) is 7.11. The van der Waals surface area contributed by atoms with Gasteiger partial charge in [-0.1, -0.05) is 0 Å². The highest BCUT2D eigenvalue weighted by molar-refractivity contribution is 5.66. The molecule has 0 saturated heterocycles. The number of imidazole rings is 1. The van der Waals surface area contributed by atoms with Crippen molar-refractivity contribution in [1.29, 1.82) is 0 Å². The van der Waals surface area contributed by atoms with Gasteiger partial charge in [-0.2, -0.15) is 26.3 Å². The number of aryl methyl sites for hydroxylation is 1. The van der Waals surface area contributed by atoms with Crippen molar-refractivity contribution in [3.05, 3.63) is 83.9 Å². The molecule has 0 fully saturated rings. The Bertz CT molecular complexity index is 1360. The second-order valence-electron chi connectivity index (χ2n) is 7.76. The molecule has 0 aliphatic heterocycles. The molecule has 6 nitrogen and oxygen atoms in total. The van der Waals surface area contributed by atoms with E-state index < -0.39 is 23.5 Å². The summed E-state index contributed by atoms with van der Waals surface area (Å²) in [7, 11) is 1.46. The topological polar surface area (TPSA) is 64.0 Å². The van der Waals surface area contributed by atoms with E-state index in [9.17, 15) is 26.3 Å². The molecule has 4 rings (SSSR count). The quantitative estimate of drug-likeness (QED) is 0.273. The molecule has 2 heterocycles. The van der Waals surface area contributed by atoms with Crippen LogP contribution >= 0.6 is 0 Å². The molecule has 0 unspecified atom stereocenters. The Morgan fingerprint density at radius 3 is 1.89 bits per heavy atom. The molecule has 0 atom stereocenters. The maximum absolute atomic E-state index is 13.5. The van der Waals surface area contributed by atoms with Gasteiger partial charge >= 0.3 is 12.4 Å². The summed E-state index contributed by atoms with van der Waals surface area (Å²) < 4.78 is 86.1. The third-order valence-electron chi connectivity index (χ3n) is 5.08. The van der Waals surface area contributed by atoms with Crippen LogP contribution in [0.15, 0.2) is 67.1 Å². The number of hydrogen-bond donors (Lipinski definition) is 2. The lowest BCUT2D eigenvalue weighted by molar-refractivity contribution is -0.138. The third-order valence-corrected chi connectivity index (χ3v) is 5.08. The van der Waals surface area contributed by atoms with Gasteiger partial charge in [0.05, 0.1) is 35.9 Å². The minimum Gasteiger partial charge on any atom is -0.494 e. The summed E-state index contributed by atoms with van der Waals surface area (Å²) in [5, 5.41) is 5.45. The van der Waals surface area contributed by atoms with E-state index in [4.69, 9.17) is 4.74 Å². The standard InChI is InChI=1S/C24H19F6N5O/c1-14-12-35(13-31-14)19-8-7-18(11-20(19)36-2)33-22-10-16(24(28,29)30)9-21(34-22)32-17-5-3-15(4-6-17)23(25,26)27/h3-13H,1-2H3,(H2,32,33,34). The van der Waals surface area contributed by atoms with E-state index in [0.29, 0.717) is 17.1 Å². The molecule has 0 bridgehead atoms. The van der Waals surface area contributed by atoms with E-state index in [1.165, 1.54) is 7.11 Å². The fourth-order valence-corrected chi connectivity index (χ4v) is 3.38. The molecule has 12 heteroatoms. The van der Waals surface area contributed by atoms with Gasteiger partial charge in [0.2, 0.25) is 0 Å². The number of ether oxygens (including phenoxy) is 1. The van der Waals surface area contributed by atoms with E-state index in [1.807, 2.05) is 6.92 Å². The number of nitrogens with zero attached hydrogens (tertiary/aromatic N) is 3. The van der Waals surface area contributed by atoms with Crippen LogP contribution in [-0.2, 0) is 12.4 Å². The molecule has 0 amide bonds. The smallest absolute Gasteiger partial charge is 0.416 e. The van der Waals surface area contributed by atoms with Gasteiger partial charge in [-0.15, -0.1) is 0 Å². The molecular formula is C24H19F6N5O. The van der Waals surface area contributed by atoms with Crippen LogP contribution in [-0.4, -0.2) is 21.6 Å². The Balaban J connectivity index is 1.63. The van der Waals surface area contributed by atoms with Crippen LogP contribution in [0.1, 0.15) is 16.8 Å². The monoisotopic (exact) mass is 507 g/mol. The lowest BCUT2D eigenvalue weighted by Crippen LogP contribution is -2.09. The lowest BCUT2D eigenvalue weighted by Gasteiger charge is -2.16. The summed E-state index contributed by atoms with van der Waals surface area (Å²) in [4.78, 5) is 8.31. The molecule has 36 heavy (non-hydrogen) atoms. The van der Waals surface area contributed by atoms with E-state index in [2.05, 4.69) is 20.6 Å². The van der Waals surface area contributed by atoms with E-state index in [1.54, 1.807) is 35.3 Å². The summed E-state index contributed by atoms with van der Waals surface area (Å²) in [5.41, 5.74) is 0.135. The molecule has 4 aromatic rings. The molecule has 0 saturated carbocycles. The largest absolute Gasteiger partial charge is 0.494 e. The first-order chi connectivity index (χ1) is 16.9. The summed E-state index contributed by atoms with van der Waals surface area (Å²) in [6, 6.07) is 10.4. The first-order valence-corrected chi connectivity index (χ1v) is 10.4. The Kier molecular flexibility index (Phi) is 6.53. The highest BCUT2D eigenvalue weighted by atomic mass is 19.4. The number of methoxy groups -OCH3 is 1. The Labute approximate surface area is 201 Å². The van der Waals surface area contributed by atoms with Gasteiger partial charge < -0.3 is 19.9 Å². The van der Waals surface area contributed by atoms with Gasteiger partial charge in [-0.25, -0.2) is 9.97 Å². The fourth-order valence-electron chi connectivity index (χ4n) is 3.38. The maximum atomic E-state index is 13.5. The van der Waals surface area contributed by atoms with Crippen LogP contribution in [0.3, 0.4) is 0 Å². The van der Waals surface area contributed by atoms with E-state index in [-0.39, 0.29) is 17.3 Å². The van der Waals surface area contributed by atoms with Crippen LogP contribution < -0.4 is 15.4 Å². The zero-order chi connectivity index (χ0) is 26.1. The summed E-state index contributed by atoms with van der Waals surface area (Å²) in [5.74, 6) is 0.101. The molecule has 2 N–H and O–H groups in total. The molecule has 2 aromatic heterocycles. The molecular weight excluding hydrogens is 488 g/mol. The maximum Gasteiger partial charge on any atom is 0.416 e. The van der Waals surface area contributed by atoms with E-state index >= 15 is 0 Å². The second-order valence-corrected chi connectivity index (χ2v) is 7.76. The molecule has 0 spiro atoms. The summed E-state index contributed by atoms with van der Waals surface area (Å²) >= 11 is 0. The zero-order valence-electron chi connectivity index (χ0n) is 18.9. The van der Waals surface area contributed by atoms with Gasteiger partial charge in [-0.05, 0) is 55.5 Å². The molecule has 0 radical (unpaired) electrons. The first kappa shape index (κ1) is 24.9. The van der Waals surface area contributed by atoms with Crippen molar-refractivity contribution in [2.75, 3.05) is 17.7 Å². The van der Waals surface area contributed by atoms with Crippen molar-refractivity contribution < 1.29 is 31.1 Å². The van der Waals surface area contributed by atoms with Crippen molar-refractivity contribution in [2.24, 2.45) is 0 Å². The van der Waals surface area contributed by atoms with Gasteiger partial charge in [0.15, 0.2) is 0 Å². The number of hydrogen-bond acceptors (Lipinski definition) is 5. The number of benzene rings is 2. The summed E-state index contributed by atoms with van der Waals surface area (Å²) in [6.07, 6.45) is -5.82. The van der Waals surface area contributed by atoms with Crippen molar-refractivity contribution in [3.8, 4) is 11.4 Å². The number of rotatable bonds is 6. The molecule has 0 aliphatic carbocycles. The van der Waals surface area contributed by atoms with Gasteiger partial charge in [-0.3, -0.25) is 0 Å². The minimum atomic E-state index is -4.68. The number of halogens is 6. The molecule has 188 valence electrons. The van der Waals surface area contributed by atoms with Crippen LogP contribution in [0.2, 0.25) is 0 Å². The Morgan fingerprint density at radius 2 is 1.36 bits per heavy atom. The number of aromatic nitrogens is 3. The highest BCUT2D eigenvalue weighted by Crippen LogP contribution is 2.35. The molecule has 2 aromatic carbocycles. The number of pyridine rings is 1. The average Bonchev–Trinajstić information content (AvgIpc) is 3.24. The van der Waals surface area contributed by atoms with Crippen molar-refractivity contribution in [1.82, 2.24) is 14.5 Å². The number of nitrogens with one attached hydrogen (secondary N) is 2. The van der Waals surface area contributed by atoms with Crippen LogP contribution in [0.25, 0.3) is 5.69 Å². The van der Waals surface area contributed by atoms with Crippen molar-refractivity contribution in [3.63, 3.8) is 0 Å². The normalized spacial score (nSPS) is 11.9. The van der Waals surface area contributed by atoms with Crippen LogP contribution in [0.4, 0.5) is 49.4 Å². The average molecular weight is 507 g/mol. The fraction of sp³-hybridized carbons (Fsp3) is 0.167. The SMILES string of the molecule is COc1cc(Nc2cc(C(F)(F)F)cc(Nc3ccc(C(F)(F)F)cc3)n2)ccc1-n1cnc(C)c1. The predicted molar refractivity (Wildman–Crippen MR) is 122 cm³/mol. The Morgan fingerprint density at radius 1 is 0.778 bits per heavy atom. The van der Waals surface area contributed by atoms with Crippen molar-refractivity contribution >= 4 is 23.0 Å². The third kappa shape index (κ3) is 5.70. The van der Waals surface area contributed by atoms with Crippen molar-refractivity contribution in [2.45, 2.75) is 19.3 Å². The van der Waals surface area contributed by atoms with Gasteiger partial charge in [0, 0.05) is 23.6 Å². The van der Waals surface area contributed by atoms with Gasteiger partial charge in [0.1, 0.15) is 17.4 Å².